The number of methoxy groups -OCH3 is 1. The Kier molecular flexibility index (Phi) is 6.41. The molecule has 2 heterocycles. The van der Waals surface area contributed by atoms with Gasteiger partial charge in [0.2, 0.25) is 0 Å². The third kappa shape index (κ3) is 4.20. The van der Waals surface area contributed by atoms with Crippen molar-refractivity contribution in [3.8, 4) is 5.75 Å². The van der Waals surface area contributed by atoms with E-state index in [4.69, 9.17) is 16.3 Å². The van der Waals surface area contributed by atoms with Crippen molar-refractivity contribution in [3.05, 3.63) is 94.3 Å². The zero-order valence-electron chi connectivity index (χ0n) is 19.6. The first kappa shape index (κ1) is 23.9. The van der Waals surface area contributed by atoms with E-state index in [0.29, 0.717) is 17.0 Å². The van der Waals surface area contributed by atoms with Crippen molar-refractivity contribution < 1.29 is 23.8 Å². The number of carbonyl (C=O) groups excluding carboxylic acids is 2. The van der Waals surface area contributed by atoms with Crippen molar-refractivity contribution in [1.29, 1.82) is 0 Å². The summed E-state index contributed by atoms with van der Waals surface area (Å²) in [6, 6.07) is 16.6. The van der Waals surface area contributed by atoms with Gasteiger partial charge in [-0.2, -0.15) is 0 Å². The number of carbonyl (C=O) groups is 2. The zero-order chi connectivity index (χ0) is 25.4. The van der Waals surface area contributed by atoms with E-state index >= 15 is 0 Å². The van der Waals surface area contributed by atoms with Crippen LogP contribution in [0.4, 0.5) is 15.8 Å². The summed E-state index contributed by atoms with van der Waals surface area (Å²) in [5.41, 5.74) is 2.02. The SMILES string of the molecule is COc1ccc(Cl)c(/C(O)=C2\C(=O)C(=O)N(c3ccc(N4CCCC4)cc3)C2c2ccc(F)cc2)c1. The van der Waals surface area contributed by atoms with Gasteiger partial charge in [0.25, 0.3) is 11.7 Å². The molecular weight excluding hydrogens is 483 g/mol. The smallest absolute Gasteiger partial charge is 0.300 e. The molecule has 1 unspecified atom stereocenters. The minimum Gasteiger partial charge on any atom is -0.507 e. The van der Waals surface area contributed by atoms with Crippen molar-refractivity contribution in [2.24, 2.45) is 0 Å². The number of ether oxygens (including phenoxy) is 1. The normalized spacial score (nSPS) is 19.2. The van der Waals surface area contributed by atoms with Gasteiger partial charge in [0.05, 0.1) is 23.7 Å². The molecule has 0 radical (unpaired) electrons. The number of nitrogens with zero attached hydrogens (tertiary/aromatic N) is 2. The second-order valence-corrected chi connectivity index (χ2v) is 9.18. The van der Waals surface area contributed by atoms with Crippen molar-refractivity contribution in [3.63, 3.8) is 0 Å². The molecule has 0 aliphatic carbocycles. The van der Waals surface area contributed by atoms with Gasteiger partial charge in [-0.15, -0.1) is 0 Å². The lowest BCUT2D eigenvalue weighted by atomic mass is 9.95. The van der Waals surface area contributed by atoms with E-state index in [-0.39, 0.29) is 16.2 Å². The summed E-state index contributed by atoms with van der Waals surface area (Å²) in [6.45, 7) is 1.95. The number of hydrogen-bond acceptors (Lipinski definition) is 5. The lowest BCUT2D eigenvalue weighted by molar-refractivity contribution is -0.132. The number of aliphatic hydroxyl groups excluding tert-OH is 1. The van der Waals surface area contributed by atoms with Gasteiger partial charge in [-0.3, -0.25) is 14.5 Å². The highest BCUT2D eigenvalue weighted by atomic mass is 35.5. The maximum Gasteiger partial charge on any atom is 0.300 e. The molecule has 3 aromatic rings. The average molecular weight is 507 g/mol. The predicted molar refractivity (Wildman–Crippen MR) is 137 cm³/mol. The second-order valence-electron chi connectivity index (χ2n) is 8.78. The van der Waals surface area contributed by atoms with Crippen LogP contribution in [-0.4, -0.2) is 37.0 Å². The maximum absolute atomic E-state index is 13.8. The van der Waals surface area contributed by atoms with Gasteiger partial charge >= 0.3 is 0 Å². The van der Waals surface area contributed by atoms with Crippen molar-refractivity contribution in [1.82, 2.24) is 0 Å². The van der Waals surface area contributed by atoms with Crippen LogP contribution < -0.4 is 14.5 Å². The number of rotatable bonds is 5. The maximum atomic E-state index is 13.8. The van der Waals surface area contributed by atoms with Crippen LogP contribution >= 0.6 is 11.6 Å². The molecular formula is C28H24ClFN2O4. The van der Waals surface area contributed by atoms with E-state index in [9.17, 15) is 19.1 Å². The van der Waals surface area contributed by atoms with Crippen LogP contribution in [0.1, 0.15) is 30.0 Å². The molecule has 1 atom stereocenters. The topological polar surface area (TPSA) is 70.1 Å². The van der Waals surface area contributed by atoms with E-state index in [1.165, 1.54) is 48.4 Å². The van der Waals surface area contributed by atoms with Crippen LogP contribution in [0.3, 0.4) is 0 Å². The number of hydrogen-bond donors (Lipinski definition) is 1. The number of aliphatic hydroxyl groups is 1. The summed E-state index contributed by atoms with van der Waals surface area (Å²) in [6.07, 6.45) is 2.27. The largest absolute Gasteiger partial charge is 0.507 e. The molecule has 5 rings (SSSR count). The molecule has 2 fully saturated rings. The standard InChI is InChI=1S/C28H24ClFN2O4/c1-36-21-12-13-23(29)22(16-21)26(33)24-25(17-4-6-18(30)7-5-17)32(28(35)27(24)34)20-10-8-19(9-11-20)31-14-2-3-15-31/h4-13,16,25,33H,2-3,14-15H2,1H3/b26-24+. The van der Waals surface area contributed by atoms with Gasteiger partial charge in [0, 0.05) is 30.0 Å². The Morgan fingerprint density at radius 2 is 1.61 bits per heavy atom. The molecule has 0 spiro atoms. The molecule has 6 nitrogen and oxygen atoms in total. The fraction of sp³-hybridized carbons (Fsp3) is 0.214. The molecule has 0 aromatic heterocycles. The summed E-state index contributed by atoms with van der Waals surface area (Å²) in [7, 11) is 1.47. The molecule has 2 aliphatic heterocycles. The van der Waals surface area contributed by atoms with Gasteiger partial charge in [-0.1, -0.05) is 23.7 Å². The van der Waals surface area contributed by atoms with Crippen LogP contribution in [0.2, 0.25) is 5.02 Å². The highest BCUT2D eigenvalue weighted by Crippen LogP contribution is 2.43. The molecule has 2 aliphatic rings. The van der Waals surface area contributed by atoms with Crippen molar-refractivity contribution >= 4 is 40.4 Å². The van der Waals surface area contributed by atoms with E-state index in [1.54, 1.807) is 18.2 Å². The first-order chi connectivity index (χ1) is 17.4. The number of ketones is 1. The highest BCUT2D eigenvalue weighted by molar-refractivity contribution is 6.52. The van der Waals surface area contributed by atoms with Crippen LogP contribution in [0, 0.1) is 5.82 Å². The summed E-state index contributed by atoms with van der Waals surface area (Å²) in [5, 5.41) is 11.5. The minimum absolute atomic E-state index is 0.134. The second kappa shape index (κ2) is 9.66. The lowest BCUT2D eigenvalue weighted by Crippen LogP contribution is -2.29. The monoisotopic (exact) mass is 506 g/mol. The van der Waals surface area contributed by atoms with E-state index in [2.05, 4.69) is 4.90 Å². The Bertz CT molecular complexity index is 1350. The van der Waals surface area contributed by atoms with Gasteiger partial charge in [0.15, 0.2) is 0 Å². The predicted octanol–water partition coefficient (Wildman–Crippen LogP) is 5.71. The van der Waals surface area contributed by atoms with E-state index < -0.39 is 29.3 Å². The molecule has 184 valence electrons. The Morgan fingerprint density at radius 3 is 2.25 bits per heavy atom. The van der Waals surface area contributed by atoms with Crippen LogP contribution in [0.25, 0.3) is 5.76 Å². The third-order valence-electron chi connectivity index (χ3n) is 6.66. The molecule has 3 aromatic carbocycles. The minimum atomic E-state index is -0.981. The van der Waals surface area contributed by atoms with Gasteiger partial charge in [-0.25, -0.2) is 4.39 Å². The average Bonchev–Trinajstić information content (AvgIpc) is 3.52. The summed E-state index contributed by atoms with van der Waals surface area (Å²) < 4.78 is 19.0. The number of amides is 1. The fourth-order valence-corrected chi connectivity index (χ4v) is 5.02. The van der Waals surface area contributed by atoms with Crippen molar-refractivity contribution in [2.45, 2.75) is 18.9 Å². The summed E-state index contributed by atoms with van der Waals surface area (Å²) >= 11 is 6.34. The number of Topliss-reactive ketones (excluding diaryl/α,β-unsaturated/α-hetero) is 1. The highest BCUT2D eigenvalue weighted by Gasteiger charge is 2.47. The van der Waals surface area contributed by atoms with Crippen molar-refractivity contribution in [2.75, 3.05) is 30.0 Å². The fourth-order valence-electron chi connectivity index (χ4n) is 4.82. The Balaban J connectivity index is 1.65. The number of benzene rings is 3. The van der Waals surface area contributed by atoms with Gasteiger partial charge in [0.1, 0.15) is 17.3 Å². The Labute approximate surface area is 213 Å². The lowest BCUT2D eigenvalue weighted by Gasteiger charge is -2.26. The first-order valence-corrected chi connectivity index (χ1v) is 12.0. The van der Waals surface area contributed by atoms with E-state index in [0.717, 1.165) is 31.6 Å². The Morgan fingerprint density at radius 1 is 0.972 bits per heavy atom. The summed E-state index contributed by atoms with van der Waals surface area (Å²) in [4.78, 5) is 30.3. The van der Waals surface area contributed by atoms with Gasteiger partial charge < -0.3 is 14.7 Å². The van der Waals surface area contributed by atoms with E-state index in [1.807, 2.05) is 12.1 Å². The van der Waals surface area contributed by atoms with Crippen LogP contribution in [-0.2, 0) is 9.59 Å². The van der Waals surface area contributed by atoms with Gasteiger partial charge in [-0.05, 0) is 73.0 Å². The molecule has 36 heavy (non-hydrogen) atoms. The number of halogens is 2. The quantitative estimate of drug-likeness (QED) is 0.272. The zero-order valence-corrected chi connectivity index (χ0v) is 20.3. The molecule has 1 amide bonds. The third-order valence-corrected chi connectivity index (χ3v) is 6.99. The molecule has 0 bridgehead atoms. The molecule has 0 saturated carbocycles. The molecule has 2 saturated heterocycles. The van der Waals surface area contributed by atoms with Crippen LogP contribution in [0.15, 0.2) is 72.3 Å². The molecule has 8 heteroatoms. The summed E-state index contributed by atoms with van der Waals surface area (Å²) in [5.74, 6) is -2.11. The first-order valence-electron chi connectivity index (χ1n) is 11.6. The molecule has 1 N–H and O–H groups in total. The van der Waals surface area contributed by atoms with Crippen LogP contribution in [0.5, 0.6) is 5.75 Å². The number of anilines is 2. The Hall–Kier alpha value is -3.84.